The van der Waals surface area contributed by atoms with E-state index in [0.29, 0.717) is 23.5 Å². The third-order valence-electron chi connectivity index (χ3n) is 4.11. The summed E-state index contributed by atoms with van der Waals surface area (Å²) in [5.41, 5.74) is 1.63. The van der Waals surface area contributed by atoms with Crippen LogP contribution < -0.4 is 15.4 Å². The maximum absolute atomic E-state index is 12.3. The molecule has 0 radical (unpaired) electrons. The molecular formula is C21H22N2O5. The molecule has 0 heterocycles. The molecule has 0 atom stereocenters. The van der Waals surface area contributed by atoms with Crippen molar-refractivity contribution in [2.45, 2.75) is 19.8 Å². The summed E-state index contributed by atoms with van der Waals surface area (Å²) in [7, 11) is 0. The van der Waals surface area contributed by atoms with E-state index in [1.807, 2.05) is 6.92 Å². The first-order valence-corrected chi connectivity index (χ1v) is 9.16. The highest BCUT2D eigenvalue weighted by molar-refractivity contribution is 6.04. The molecule has 0 aliphatic heterocycles. The molecule has 2 aromatic carbocycles. The third kappa shape index (κ3) is 5.57. The number of carbonyl (C=O) groups excluding carboxylic acids is 3. The summed E-state index contributed by atoms with van der Waals surface area (Å²) in [4.78, 5) is 35.6. The van der Waals surface area contributed by atoms with Crippen molar-refractivity contribution in [2.24, 2.45) is 5.92 Å². The molecule has 1 saturated carbocycles. The fourth-order valence-corrected chi connectivity index (χ4v) is 2.48. The van der Waals surface area contributed by atoms with E-state index in [-0.39, 0.29) is 24.4 Å². The van der Waals surface area contributed by atoms with Gasteiger partial charge in [0.25, 0.3) is 11.8 Å². The number of nitrogens with one attached hydrogen (secondary N) is 2. The van der Waals surface area contributed by atoms with E-state index in [2.05, 4.69) is 10.6 Å². The second kappa shape index (κ2) is 9.03. The van der Waals surface area contributed by atoms with E-state index in [9.17, 15) is 14.4 Å². The summed E-state index contributed by atoms with van der Waals surface area (Å²) < 4.78 is 10.3. The molecule has 28 heavy (non-hydrogen) atoms. The molecule has 7 heteroatoms. The zero-order chi connectivity index (χ0) is 19.9. The van der Waals surface area contributed by atoms with Crippen LogP contribution in [0.1, 0.15) is 30.1 Å². The van der Waals surface area contributed by atoms with Crippen LogP contribution in [-0.4, -0.2) is 31.0 Å². The van der Waals surface area contributed by atoms with Gasteiger partial charge in [0.2, 0.25) is 0 Å². The van der Waals surface area contributed by atoms with Crippen molar-refractivity contribution in [3.8, 4) is 5.75 Å². The van der Waals surface area contributed by atoms with Crippen LogP contribution in [0.2, 0.25) is 0 Å². The Labute approximate surface area is 163 Å². The predicted octanol–water partition coefficient (Wildman–Crippen LogP) is 3.23. The standard InChI is InChI=1S/C21H22N2O5/c1-2-27-18-11-9-17(10-12-18)23-20(25)14-5-7-16(8-6-14)22-19(24)13-28-21(26)15-3-4-15/h5-12,15H,2-4,13H2,1H3,(H,22,24)(H,23,25). The Morgan fingerprint density at radius 2 is 1.54 bits per heavy atom. The van der Waals surface area contributed by atoms with Crippen LogP contribution in [-0.2, 0) is 14.3 Å². The van der Waals surface area contributed by atoms with Crippen LogP contribution in [0.25, 0.3) is 0 Å². The third-order valence-corrected chi connectivity index (χ3v) is 4.11. The molecule has 1 aliphatic carbocycles. The van der Waals surface area contributed by atoms with Gasteiger partial charge in [0.1, 0.15) is 5.75 Å². The van der Waals surface area contributed by atoms with Crippen LogP contribution in [0.4, 0.5) is 11.4 Å². The van der Waals surface area contributed by atoms with Gasteiger partial charge in [-0.05, 0) is 68.3 Å². The number of amides is 2. The van der Waals surface area contributed by atoms with E-state index >= 15 is 0 Å². The Kier molecular flexibility index (Phi) is 6.26. The van der Waals surface area contributed by atoms with Gasteiger partial charge >= 0.3 is 5.97 Å². The Balaban J connectivity index is 1.49. The fourth-order valence-electron chi connectivity index (χ4n) is 2.48. The maximum Gasteiger partial charge on any atom is 0.309 e. The first-order valence-electron chi connectivity index (χ1n) is 9.16. The molecule has 2 aromatic rings. The molecule has 146 valence electrons. The largest absolute Gasteiger partial charge is 0.494 e. The van der Waals surface area contributed by atoms with Crippen molar-refractivity contribution in [2.75, 3.05) is 23.8 Å². The average molecular weight is 382 g/mol. The maximum atomic E-state index is 12.3. The van der Waals surface area contributed by atoms with Crippen LogP contribution in [0, 0.1) is 5.92 Å². The van der Waals surface area contributed by atoms with Gasteiger partial charge in [0.15, 0.2) is 6.61 Å². The highest BCUT2D eigenvalue weighted by Gasteiger charge is 2.31. The van der Waals surface area contributed by atoms with Crippen molar-refractivity contribution >= 4 is 29.2 Å². The first-order chi connectivity index (χ1) is 13.5. The minimum Gasteiger partial charge on any atom is -0.494 e. The second-order valence-corrected chi connectivity index (χ2v) is 6.42. The first kappa shape index (κ1) is 19.4. The lowest BCUT2D eigenvalue weighted by molar-refractivity contribution is -0.148. The van der Waals surface area contributed by atoms with E-state index < -0.39 is 5.91 Å². The predicted molar refractivity (Wildman–Crippen MR) is 104 cm³/mol. The van der Waals surface area contributed by atoms with Gasteiger partial charge in [0, 0.05) is 16.9 Å². The lowest BCUT2D eigenvalue weighted by atomic mass is 10.2. The Bertz CT molecular complexity index is 842. The summed E-state index contributed by atoms with van der Waals surface area (Å²) in [6.07, 6.45) is 1.67. The Morgan fingerprint density at radius 1 is 0.929 bits per heavy atom. The number of hydrogen-bond acceptors (Lipinski definition) is 5. The summed E-state index contributed by atoms with van der Waals surface area (Å²) >= 11 is 0. The van der Waals surface area contributed by atoms with Crippen molar-refractivity contribution in [3.63, 3.8) is 0 Å². The van der Waals surface area contributed by atoms with Crippen LogP contribution >= 0.6 is 0 Å². The number of carbonyl (C=O) groups is 3. The lowest BCUT2D eigenvalue weighted by Gasteiger charge is -2.09. The molecule has 0 aromatic heterocycles. The van der Waals surface area contributed by atoms with Crippen LogP contribution in [0.5, 0.6) is 5.75 Å². The van der Waals surface area contributed by atoms with Crippen molar-refractivity contribution in [1.82, 2.24) is 0 Å². The summed E-state index contributed by atoms with van der Waals surface area (Å²) in [6, 6.07) is 13.6. The smallest absolute Gasteiger partial charge is 0.309 e. The van der Waals surface area contributed by atoms with Gasteiger partial charge in [0.05, 0.1) is 12.5 Å². The van der Waals surface area contributed by atoms with E-state index in [0.717, 1.165) is 18.6 Å². The average Bonchev–Trinajstić information content (AvgIpc) is 3.54. The number of ether oxygens (including phenoxy) is 2. The normalized spacial score (nSPS) is 12.8. The summed E-state index contributed by atoms with van der Waals surface area (Å²) in [6.45, 7) is 2.18. The van der Waals surface area contributed by atoms with E-state index in [4.69, 9.17) is 9.47 Å². The van der Waals surface area contributed by atoms with Crippen molar-refractivity contribution in [3.05, 3.63) is 54.1 Å². The molecule has 0 unspecified atom stereocenters. The number of hydrogen-bond donors (Lipinski definition) is 2. The Hall–Kier alpha value is -3.35. The molecule has 2 N–H and O–H groups in total. The highest BCUT2D eigenvalue weighted by Crippen LogP contribution is 2.30. The zero-order valence-electron chi connectivity index (χ0n) is 15.6. The molecule has 2 amide bonds. The number of rotatable bonds is 8. The van der Waals surface area contributed by atoms with Gasteiger partial charge in [-0.2, -0.15) is 0 Å². The SMILES string of the molecule is CCOc1ccc(NC(=O)c2ccc(NC(=O)COC(=O)C3CC3)cc2)cc1. The monoisotopic (exact) mass is 382 g/mol. The van der Waals surface area contributed by atoms with Gasteiger partial charge in [-0.25, -0.2) is 0 Å². The molecule has 0 bridgehead atoms. The molecule has 3 rings (SSSR count). The molecule has 0 saturated heterocycles. The van der Waals surface area contributed by atoms with E-state index in [1.54, 1.807) is 48.5 Å². The van der Waals surface area contributed by atoms with Crippen molar-refractivity contribution in [1.29, 1.82) is 0 Å². The minimum atomic E-state index is -0.416. The number of esters is 1. The second-order valence-electron chi connectivity index (χ2n) is 6.42. The van der Waals surface area contributed by atoms with Crippen molar-refractivity contribution < 1.29 is 23.9 Å². The number of benzene rings is 2. The molecule has 7 nitrogen and oxygen atoms in total. The van der Waals surface area contributed by atoms with Gasteiger partial charge in [-0.3, -0.25) is 14.4 Å². The molecular weight excluding hydrogens is 360 g/mol. The fraction of sp³-hybridized carbons (Fsp3) is 0.286. The van der Waals surface area contributed by atoms with Gasteiger partial charge < -0.3 is 20.1 Å². The number of anilines is 2. The van der Waals surface area contributed by atoms with Crippen LogP contribution in [0.3, 0.4) is 0 Å². The minimum absolute atomic E-state index is 0.0408. The van der Waals surface area contributed by atoms with Gasteiger partial charge in [-0.1, -0.05) is 0 Å². The quantitative estimate of drug-likeness (QED) is 0.684. The lowest BCUT2D eigenvalue weighted by Crippen LogP contribution is -2.21. The molecule has 1 aliphatic rings. The van der Waals surface area contributed by atoms with Gasteiger partial charge in [-0.15, -0.1) is 0 Å². The summed E-state index contributed by atoms with van der Waals surface area (Å²) in [5, 5.41) is 5.43. The topological polar surface area (TPSA) is 93.7 Å². The van der Waals surface area contributed by atoms with E-state index in [1.165, 1.54) is 0 Å². The Morgan fingerprint density at radius 3 is 2.14 bits per heavy atom. The summed E-state index contributed by atoms with van der Waals surface area (Å²) in [5.74, 6) is -0.304. The van der Waals surface area contributed by atoms with Crippen LogP contribution in [0.15, 0.2) is 48.5 Å². The highest BCUT2D eigenvalue weighted by atomic mass is 16.5. The molecule has 1 fully saturated rings. The zero-order valence-corrected chi connectivity index (χ0v) is 15.6. The molecule has 0 spiro atoms.